The van der Waals surface area contributed by atoms with Crippen molar-refractivity contribution in [3.63, 3.8) is 0 Å². The summed E-state index contributed by atoms with van der Waals surface area (Å²) in [6, 6.07) is 0.424. The standard InChI is InChI=1S/C10H16N4O2/c1-7-12-10(16-14-7)4-5-11-6-9(15)13-8-2-3-8/h8,11H,2-6H2,1H3,(H,13,15). The van der Waals surface area contributed by atoms with Crippen LogP contribution < -0.4 is 10.6 Å². The second kappa shape index (κ2) is 5.07. The largest absolute Gasteiger partial charge is 0.352 e. The van der Waals surface area contributed by atoms with E-state index in [1.54, 1.807) is 6.92 Å². The van der Waals surface area contributed by atoms with Crippen molar-refractivity contribution < 1.29 is 9.32 Å². The molecule has 1 amide bonds. The van der Waals surface area contributed by atoms with E-state index >= 15 is 0 Å². The molecule has 6 heteroatoms. The fraction of sp³-hybridized carbons (Fsp3) is 0.700. The fourth-order valence-corrected chi connectivity index (χ4v) is 1.35. The zero-order valence-electron chi connectivity index (χ0n) is 9.32. The number of carbonyl (C=O) groups excluding carboxylic acids is 1. The molecule has 16 heavy (non-hydrogen) atoms. The average Bonchev–Trinajstić information content (AvgIpc) is 2.95. The van der Waals surface area contributed by atoms with Crippen LogP contribution in [0.4, 0.5) is 0 Å². The Morgan fingerprint density at radius 3 is 3.00 bits per heavy atom. The number of amides is 1. The van der Waals surface area contributed by atoms with E-state index in [0.717, 1.165) is 12.8 Å². The minimum atomic E-state index is 0.0595. The summed E-state index contributed by atoms with van der Waals surface area (Å²) in [6.45, 7) is 2.80. The zero-order chi connectivity index (χ0) is 11.4. The lowest BCUT2D eigenvalue weighted by Gasteiger charge is -2.03. The van der Waals surface area contributed by atoms with Crippen LogP contribution in [-0.4, -0.2) is 35.2 Å². The molecule has 0 spiro atoms. The molecule has 2 rings (SSSR count). The highest BCUT2D eigenvalue weighted by Gasteiger charge is 2.22. The van der Waals surface area contributed by atoms with E-state index in [1.165, 1.54) is 0 Å². The van der Waals surface area contributed by atoms with Gasteiger partial charge in [0.05, 0.1) is 6.54 Å². The topological polar surface area (TPSA) is 80.0 Å². The van der Waals surface area contributed by atoms with E-state index in [2.05, 4.69) is 20.8 Å². The fourth-order valence-electron chi connectivity index (χ4n) is 1.35. The van der Waals surface area contributed by atoms with Gasteiger partial charge in [0.2, 0.25) is 11.8 Å². The summed E-state index contributed by atoms with van der Waals surface area (Å²) in [7, 11) is 0. The smallest absolute Gasteiger partial charge is 0.234 e. The van der Waals surface area contributed by atoms with Crippen LogP contribution in [0.25, 0.3) is 0 Å². The highest BCUT2D eigenvalue weighted by Crippen LogP contribution is 2.18. The van der Waals surface area contributed by atoms with Gasteiger partial charge in [-0.2, -0.15) is 4.98 Å². The van der Waals surface area contributed by atoms with Crippen molar-refractivity contribution in [1.29, 1.82) is 0 Å². The molecule has 0 unspecified atom stereocenters. The van der Waals surface area contributed by atoms with Gasteiger partial charge in [-0.05, 0) is 19.8 Å². The number of hydrogen-bond donors (Lipinski definition) is 2. The van der Waals surface area contributed by atoms with E-state index in [4.69, 9.17) is 4.52 Å². The van der Waals surface area contributed by atoms with Crippen LogP contribution in [-0.2, 0) is 11.2 Å². The highest BCUT2D eigenvalue weighted by molar-refractivity contribution is 5.78. The lowest BCUT2D eigenvalue weighted by Crippen LogP contribution is -2.35. The Morgan fingerprint density at radius 2 is 2.38 bits per heavy atom. The summed E-state index contributed by atoms with van der Waals surface area (Å²) in [5, 5.41) is 9.62. The summed E-state index contributed by atoms with van der Waals surface area (Å²) < 4.78 is 4.94. The van der Waals surface area contributed by atoms with Crippen LogP contribution in [0.1, 0.15) is 24.6 Å². The number of hydrogen-bond acceptors (Lipinski definition) is 5. The van der Waals surface area contributed by atoms with Crippen LogP contribution in [0.5, 0.6) is 0 Å². The molecular formula is C10H16N4O2. The molecule has 0 saturated heterocycles. The van der Waals surface area contributed by atoms with Crippen LogP contribution in [0.15, 0.2) is 4.52 Å². The Balaban J connectivity index is 1.55. The van der Waals surface area contributed by atoms with Gasteiger partial charge in [-0.1, -0.05) is 5.16 Å². The van der Waals surface area contributed by atoms with Crippen molar-refractivity contribution in [2.45, 2.75) is 32.2 Å². The van der Waals surface area contributed by atoms with Gasteiger partial charge in [-0.3, -0.25) is 4.79 Å². The Kier molecular flexibility index (Phi) is 3.51. The minimum absolute atomic E-state index is 0.0595. The molecule has 0 atom stereocenters. The quantitative estimate of drug-likeness (QED) is 0.653. The van der Waals surface area contributed by atoms with Gasteiger partial charge >= 0.3 is 0 Å². The number of nitrogens with one attached hydrogen (secondary N) is 2. The molecule has 6 nitrogen and oxygen atoms in total. The molecule has 1 heterocycles. The first-order valence-electron chi connectivity index (χ1n) is 5.53. The maximum Gasteiger partial charge on any atom is 0.234 e. The van der Waals surface area contributed by atoms with E-state index < -0.39 is 0 Å². The van der Waals surface area contributed by atoms with Crippen molar-refractivity contribution in [3.8, 4) is 0 Å². The summed E-state index contributed by atoms with van der Waals surface area (Å²) in [5.74, 6) is 1.30. The first-order valence-corrected chi connectivity index (χ1v) is 5.53. The van der Waals surface area contributed by atoms with Crippen molar-refractivity contribution >= 4 is 5.91 Å². The number of nitrogens with zero attached hydrogens (tertiary/aromatic N) is 2. The van der Waals surface area contributed by atoms with Crippen molar-refractivity contribution in [1.82, 2.24) is 20.8 Å². The molecule has 88 valence electrons. The summed E-state index contributed by atoms with van der Waals surface area (Å²) >= 11 is 0. The predicted octanol–water partition coefficient (Wildman–Crippen LogP) is -0.211. The van der Waals surface area contributed by atoms with Crippen LogP contribution >= 0.6 is 0 Å². The molecule has 0 bridgehead atoms. The van der Waals surface area contributed by atoms with Crippen molar-refractivity contribution in [2.75, 3.05) is 13.1 Å². The van der Waals surface area contributed by atoms with Gasteiger partial charge in [0.1, 0.15) is 0 Å². The predicted molar refractivity (Wildman–Crippen MR) is 56.8 cm³/mol. The van der Waals surface area contributed by atoms with Crippen molar-refractivity contribution in [2.24, 2.45) is 0 Å². The molecular weight excluding hydrogens is 208 g/mol. The van der Waals surface area contributed by atoms with Crippen LogP contribution in [0.3, 0.4) is 0 Å². The minimum Gasteiger partial charge on any atom is -0.352 e. The Bertz CT molecular complexity index is 359. The number of aryl methyl sites for hydroxylation is 1. The monoisotopic (exact) mass is 224 g/mol. The molecule has 1 aromatic rings. The normalized spacial score (nSPS) is 15.1. The first kappa shape index (κ1) is 11.1. The summed E-state index contributed by atoms with van der Waals surface area (Å²) in [6.07, 6.45) is 2.89. The molecule has 0 aromatic carbocycles. The molecule has 1 aliphatic rings. The highest BCUT2D eigenvalue weighted by atomic mass is 16.5. The molecule has 1 aliphatic carbocycles. The maximum absolute atomic E-state index is 11.3. The first-order chi connectivity index (χ1) is 7.74. The van der Waals surface area contributed by atoms with E-state index in [9.17, 15) is 4.79 Å². The third kappa shape index (κ3) is 3.62. The second-order valence-corrected chi connectivity index (χ2v) is 4.00. The van der Waals surface area contributed by atoms with Crippen LogP contribution in [0, 0.1) is 6.92 Å². The number of carbonyl (C=O) groups is 1. The van der Waals surface area contributed by atoms with Gasteiger partial charge in [-0.25, -0.2) is 0 Å². The van der Waals surface area contributed by atoms with E-state index in [-0.39, 0.29) is 5.91 Å². The average molecular weight is 224 g/mol. The molecule has 1 fully saturated rings. The van der Waals surface area contributed by atoms with Crippen LogP contribution in [0.2, 0.25) is 0 Å². The maximum atomic E-state index is 11.3. The Labute approximate surface area is 93.8 Å². The second-order valence-electron chi connectivity index (χ2n) is 4.00. The van der Waals surface area contributed by atoms with Gasteiger partial charge < -0.3 is 15.2 Å². The molecule has 0 radical (unpaired) electrons. The summed E-state index contributed by atoms with van der Waals surface area (Å²) in [5.41, 5.74) is 0. The molecule has 1 saturated carbocycles. The third-order valence-electron chi connectivity index (χ3n) is 2.31. The third-order valence-corrected chi connectivity index (χ3v) is 2.31. The van der Waals surface area contributed by atoms with E-state index in [1.807, 2.05) is 0 Å². The Morgan fingerprint density at radius 1 is 1.56 bits per heavy atom. The number of rotatable bonds is 6. The number of aromatic nitrogens is 2. The summed E-state index contributed by atoms with van der Waals surface area (Å²) in [4.78, 5) is 15.4. The molecule has 2 N–H and O–H groups in total. The zero-order valence-corrected chi connectivity index (χ0v) is 9.32. The van der Waals surface area contributed by atoms with Crippen molar-refractivity contribution in [3.05, 3.63) is 11.7 Å². The lowest BCUT2D eigenvalue weighted by atomic mass is 10.4. The lowest BCUT2D eigenvalue weighted by molar-refractivity contribution is -0.120. The van der Waals surface area contributed by atoms with Gasteiger partial charge in [0.15, 0.2) is 5.82 Å². The van der Waals surface area contributed by atoms with Gasteiger partial charge in [-0.15, -0.1) is 0 Å². The van der Waals surface area contributed by atoms with Gasteiger partial charge in [0.25, 0.3) is 0 Å². The van der Waals surface area contributed by atoms with Gasteiger partial charge in [0, 0.05) is 19.0 Å². The van der Waals surface area contributed by atoms with E-state index in [0.29, 0.717) is 37.3 Å². The Hall–Kier alpha value is -1.43. The molecule has 1 aromatic heterocycles. The molecule has 0 aliphatic heterocycles. The SMILES string of the molecule is Cc1noc(CCNCC(=O)NC2CC2)n1.